The molecule has 3 heterocycles. The molecule has 2 unspecified atom stereocenters. The highest BCUT2D eigenvalue weighted by Crippen LogP contribution is 2.16. The molecule has 2 aliphatic rings. The molecule has 122 valence electrons. The SMILES string of the molecule is Cc1nc(CC(=O)NC2COCC2N2CCN(C)CC2)cs1. The van der Waals surface area contributed by atoms with Crippen molar-refractivity contribution in [2.75, 3.05) is 46.4 Å². The molecule has 2 atom stereocenters. The molecule has 3 rings (SSSR count). The Kier molecular flexibility index (Phi) is 5.07. The summed E-state index contributed by atoms with van der Waals surface area (Å²) >= 11 is 1.58. The Labute approximate surface area is 135 Å². The van der Waals surface area contributed by atoms with Crippen molar-refractivity contribution in [3.05, 3.63) is 16.1 Å². The van der Waals surface area contributed by atoms with Crippen molar-refractivity contribution in [1.29, 1.82) is 0 Å². The minimum absolute atomic E-state index is 0.0416. The lowest BCUT2D eigenvalue weighted by atomic mass is 10.1. The molecule has 2 aliphatic heterocycles. The number of carbonyl (C=O) groups excluding carboxylic acids is 1. The van der Waals surface area contributed by atoms with Crippen LogP contribution in [0.3, 0.4) is 0 Å². The summed E-state index contributed by atoms with van der Waals surface area (Å²) in [5.74, 6) is 0.0416. The van der Waals surface area contributed by atoms with Gasteiger partial charge in [-0.3, -0.25) is 9.69 Å². The summed E-state index contributed by atoms with van der Waals surface area (Å²) < 4.78 is 5.62. The van der Waals surface area contributed by atoms with Crippen LogP contribution in [0.2, 0.25) is 0 Å². The van der Waals surface area contributed by atoms with Gasteiger partial charge in [0.05, 0.1) is 42.4 Å². The second-order valence-electron chi connectivity index (χ2n) is 6.15. The Morgan fingerprint density at radius 3 is 2.86 bits per heavy atom. The van der Waals surface area contributed by atoms with Crippen molar-refractivity contribution in [2.24, 2.45) is 0 Å². The molecule has 0 spiro atoms. The Morgan fingerprint density at radius 1 is 1.41 bits per heavy atom. The maximum Gasteiger partial charge on any atom is 0.226 e. The summed E-state index contributed by atoms with van der Waals surface area (Å²) in [7, 11) is 2.15. The number of nitrogens with zero attached hydrogens (tertiary/aromatic N) is 3. The van der Waals surface area contributed by atoms with Gasteiger partial charge in [0.25, 0.3) is 0 Å². The van der Waals surface area contributed by atoms with Gasteiger partial charge in [0.1, 0.15) is 0 Å². The van der Waals surface area contributed by atoms with Gasteiger partial charge < -0.3 is 15.0 Å². The number of aryl methyl sites for hydroxylation is 1. The number of likely N-dealkylation sites (N-methyl/N-ethyl adjacent to an activating group) is 1. The first-order valence-corrected chi connectivity index (χ1v) is 8.70. The monoisotopic (exact) mass is 324 g/mol. The van der Waals surface area contributed by atoms with Crippen LogP contribution in [0, 0.1) is 6.92 Å². The Balaban J connectivity index is 1.53. The number of carbonyl (C=O) groups is 1. The normalized spacial score (nSPS) is 27.2. The van der Waals surface area contributed by atoms with E-state index in [4.69, 9.17) is 4.74 Å². The number of piperazine rings is 1. The largest absolute Gasteiger partial charge is 0.378 e. The molecule has 0 aliphatic carbocycles. The van der Waals surface area contributed by atoms with E-state index in [-0.39, 0.29) is 11.9 Å². The van der Waals surface area contributed by atoms with Gasteiger partial charge in [-0.05, 0) is 14.0 Å². The second-order valence-corrected chi connectivity index (χ2v) is 7.21. The summed E-state index contributed by atoms with van der Waals surface area (Å²) in [5, 5.41) is 6.10. The van der Waals surface area contributed by atoms with Crippen molar-refractivity contribution in [3.8, 4) is 0 Å². The summed E-state index contributed by atoms with van der Waals surface area (Å²) in [6.07, 6.45) is 0.357. The van der Waals surface area contributed by atoms with Crippen LogP contribution in [0.1, 0.15) is 10.7 Å². The number of hydrogen-bond donors (Lipinski definition) is 1. The van der Waals surface area contributed by atoms with E-state index in [1.165, 1.54) is 0 Å². The van der Waals surface area contributed by atoms with Crippen molar-refractivity contribution in [3.63, 3.8) is 0 Å². The van der Waals surface area contributed by atoms with E-state index in [0.717, 1.165) is 36.9 Å². The predicted octanol–water partition coefficient (Wildman–Crippen LogP) is 0.125. The molecular weight excluding hydrogens is 300 g/mol. The molecule has 2 saturated heterocycles. The average molecular weight is 324 g/mol. The molecule has 0 saturated carbocycles. The van der Waals surface area contributed by atoms with Crippen LogP contribution in [0.25, 0.3) is 0 Å². The topological polar surface area (TPSA) is 57.7 Å². The van der Waals surface area contributed by atoms with Crippen LogP contribution in [-0.4, -0.2) is 79.2 Å². The van der Waals surface area contributed by atoms with Crippen LogP contribution in [-0.2, 0) is 16.0 Å². The lowest BCUT2D eigenvalue weighted by Gasteiger charge is -2.38. The van der Waals surface area contributed by atoms with Crippen molar-refractivity contribution in [2.45, 2.75) is 25.4 Å². The van der Waals surface area contributed by atoms with E-state index >= 15 is 0 Å². The third-order valence-corrected chi connectivity index (χ3v) is 5.23. The fraction of sp³-hybridized carbons (Fsp3) is 0.733. The highest BCUT2D eigenvalue weighted by atomic mass is 32.1. The van der Waals surface area contributed by atoms with E-state index in [9.17, 15) is 4.79 Å². The van der Waals surface area contributed by atoms with Gasteiger partial charge in [-0.2, -0.15) is 0 Å². The van der Waals surface area contributed by atoms with E-state index in [1.807, 2.05) is 12.3 Å². The third kappa shape index (κ3) is 3.84. The minimum Gasteiger partial charge on any atom is -0.378 e. The molecule has 6 nitrogen and oxygen atoms in total. The van der Waals surface area contributed by atoms with Gasteiger partial charge in [-0.15, -0.1) is 11.3 Å². The standard InChI is InChI=1S/C15H24N4O2S/c1-11-16-12(10-22-11)7-15(20)17-13-8-21-9-14(13)19-5-3-18(2)4-6-19/h10,13-14H,3-9H2,1-2H3,(H,17,20). The molecule has 0 radical (unpaired) electrons. The number of thiazole rings is 1. The average Bonchev–Trinajstić information content (AvgIpc) is 3.09. The lowest BCUT2D eigenvalue weighted by Crippen LogP contribution is -2.56. The zero-order chi connectivity index (χ0) is 15.5. The maximum absolute atomic E-state index is 12.2. The van der Waals surface area contributed by atoms with Gasteiger partial charge in [0, 0.05) is 31.6 Å². The molecule has 2 fully saturated rings. The van der Waals surface area contributed by atoms with E-state index in [2.05, 4.69) is 27.1 Å². The third-order valence-electron chi connectivity index (χ3n) is 4.41. The molecular formula is C15H24N4O2S. The fourth-order valence-corrected chi connectivity index (χ4v) is 3.72. The van der Waals surface area contributed by atoms with Gasteiger partial charge in [-0.1, -0.05) is 0 Å². The molecule has 1 N–H and O–H groups in total. The van der Waals surface area contributed by atoms with Gasteiger partial charge in [0.2, 0.25) is 5.91 Å². The van der Waals surface area contributed by atoms with Crippen molar-refractivity contribution >= 4 is 17.2 Å². The summed E-state index contributed by atoms with van der Waals surface area (Å²) in [5.41, 5.74) is 0.857. The zero-order valence-electron chi connectivity index (χ0n) is 13.2. The van der Waals surface area contributed by atoms with Gasteiger partial charge >= 0.3 is 0 Å². The molecule has 7 heteroatoms. The molecule has 1 aromatic heterocycles. The van der Waals surface area contributed by atoms with Crippen LogP contribution in [0.15, 0.2) is 5.38 Å². The number of hydrogen-bond acceptors (Lipinski definition) is 6. The summed E-state index contributed by atoms with van der Waals surface area (Å²) in [6, 6.07) is 0.394. The first-order chi connectivity index (χ1) is 10.6. The van der Waals surface area contributed by atoms with Crippen LogP contribution in [0.4, 0.5) is 0 Å². The molecule has 1 aromatic rings. The second kappa shape index (κ2) is 7.04. The lowest BCUT2D eigenvalue weighted by molar-refractivity contribution is -0.121. The van der Waals surface area contributed by atoms with Crippen LogP contribution < -0.4 is 5.32 Å². The minimum atomic E-state index is 0.0416. The van der Waals surface area contributed by atoms with Crippen molar-refractivity contribution in [1.82, 2.24) is 20.1 Å². The molecule has 22 heavy (non-hydrogen) atoms. The number of ether oxygens (including phenoxy) is 1. The maximum atomic E-state index is 12.2. The quantitative estimate of drug-likeness (QED) is 0.853. The summed E-state index contributed by atoms with van der Waals surface area (Å²) in [6.45, 7) is 7.53. The highest BCUT2D eigenvalue weighted by molar-refractivity contribution is 7.09. The van der Waals surface area contributed by atoms with E-state index in [1.54, 1.807) is 11.3 Å². The first-order valence-electron chi connectivity index (χ1n) is 7.82. The van der Waals surface area contributed by atoms with Gasteiger partial charge in [0.15, 0.2) is 0 Å². The highest BCUT2D eigenvalue weighted by Gasteiger charge is 2.35. The molecule has 1 amide bonds. The molecule has 0 aromatic carbocycles. The predicted molar refractivity (Wildman–Crippen MR) is 86.2 cm³/mol. The Bertz CT molecular complexity index is 513. The number of rotatable bonds is 4. The van der Waals surface area contributed by atoms with E-state index in [0.29, 0.717) is 25.7 Å². The summed E-state index contributed by atoms with van der Waals surface area (Å²) in [4.78, 5) is 21.4. The zero-order valence-corrected chi connectivity index (χ0v) is 14.1. The number of nitrogens with one attached hydrogen (secondary N) is 1. The van der Waals surface area contributed by atoms with E-state index < -0.39 is 0 Å². The smallest absolute Gasteiger partial charge is 0.226 e. The number of amides is 1. The van der Waals surface area contributed by atoms with Crippen molar-refractivity contribution < 1.29 is 9.53 Å². The molecule has 0 bridgehead atoms. The number of aromatic nitrogens is 1. The Hall–Kier alpha value is -1.02. The fourth-order valence-electron chi connectivity index (χ4n) is 3.11. The van der Waals surface area contributed by atoms with Gasteiger partial charge in [-0.25, -0.2) is 4.98 Å². The van der Waals surface area contributed by atoms with Crippen LogP contribution in [0.5, 0.6) is 0 Å². The van der Waals surface area contributed by atoms with Crippen LogP contribution >= 0.6 is 11.3 Å². The Morgan fingerprint density at radius 2 is 2.18 bits per heavy atom. The first kappa shape index (κ1) is 15.9.